The molecule has 1 aliphatic heterocycles. The van der Waals surface area contributed by atoms with Gasteiger partial charge < -0.3 is 34.3 Å². The van der Waals surface area contributed by atoms with Gasteiger partial charge in [-0.05, 0) is 77.0 Å². The quantitative estimate of drug-likeness (QED) is 0.0197. The molecule has 0 radical (unpaired) electrons. The van der Waals surface area contributed by atoms with E-state index in [9.17, 15) is 33.1 Å². The number of allylic oxidation sites excluding steroid dienone is 10. The molecule has 0 aromatic heterocycles. The summed E-state index contributed by atoms with van der Waals surface area (Å²) >= 11 is 0. The van der Waals surface area contributed by atoms with Gasteiger partial charge in [-0.15, -0.1) is 0 Å². The zero-order valence-corrected chi connectivity index (χ0v) is 42.1. The summed E-state index contributed by atoms with van der Waals surface area (Å²) in [4.78, 5) is 12.9. The molecule has 1 fully saturated rings. The van der Waals surface area contributed by atoms with Crippen LogP contribution < -0.4 is 0 Å². The molecule has 0 spiro atoms. The van der Waals surface area contributed by atoms with E-state index in [4.69, 9.17) is 18.9 Å². The Bertz CT molecular complexity index is 1380. The first-order valence-electron chi connectivity index (χ1n) is 26.0. The maximum Gasteiger partial charge on any atom is 0.397 e. The molecule has 0 aromatic rings. The Morgan fingerprint density at radius 3 is 1.55 bits per heavy atom. The summed E-state index contributed by atoms with van der Waals surface area (Å²) in [5.74, 6) is -0.406. The maximum absolute atomic E-state index is 12.9. The first kappa shape index (κ1) is 61.8. The second-order valence-corrected chi connectivity index (χ2v) is 18.8. The molecule has 384 valence electrons. The average Bonchev–Trinajstić information content (AvgIpc) is 3.29. The average molecular weight is 955 g/mol. The third-order valence-electron chi connectivity index (χ3n) is 11.6. The minimum atomic E-state index is -5.07. The Morgan fingerprint density at radius 2 is 1.05 bits per heavy atom. The van der Waals surface area contributed by atoms with Crippen LogP contribution in [0, 0.1) is 0 Å². The van der Waals surface area contributed by atoms with Gasteiger partial charge in [-0.2, -0.15) is 8.42 Å². The summed E-state index contributed by atoms with van der Waals surface area (Å²) in [6.07, 6.45) is 46.8. The fraction of sp³-hybridized carbons (Fsp3) is 0.792. The number of aliphatic hydroxyl groups excluding tert-OH is 3. The van der Waals surface area contributed by atoms with Gasteiger partial charge in [0, 0.05) is 13.0 Å². The number of hydrogen-bond acceptors (Lipinski definition) is 11. The van der Waals surface area contributed by atoms with Crippen LogP contribution in [-0.4, -0.2) is 97.5 Å². The van der Waals surface area contributed by atoms with Crippen LogP contribution in [0.4, 0.5) is 0 Å². The summed E-state index contributed by atoms with van der Waals surface area (Å²) in [5.41, 5.74) is 0. The normalized spacial score (nSPS) is 20.0. The van der Waals surface area contributed by atoms with Crippen LogP contribution in [0.1, 0.15) is 206 Å². The largest absolute Gasteiger partial charge is 0.457 e. The number of unbranched alkanes of at least 4 members (excludes halogenated alkanes) is 22. The van der Waals surface area contributed by atoms with Crippen LogP contribution in [0.3, 0.4) is 0 Å². The van der Waals surface area contributed by atoms with Crippen LogP contribution in [0.15, 0.2) is 60.8 Å². The molecular formula is C53H94O12S. The molecular weight excluding hydrogens is 861 g/mol. The molecule has 0 amide bonds. The number of carbonyl (C=O) groups is 1. The predicted molar refractivity (Wildman–Crippen MR) is 266 cm³/mol. The lowest BCUT2D eigenvalue weighted by atomic mass is 9.99. The molecule has 4 N–H and O–H groups in total. The smallest absolute Gasteiger partial charge is 0.397 e. The Kier molecular flexibility index (Phi) is 41.2. The van der Waals surface area contributed by atoms with Gasteiger partial charge in [0.25, 0.3) is 0 Å². The van der Waals surface area contributed by atoms with Crippen molar-refractivity contribution < 1.29 is 56.2 Å². The van der Waals surface area contributed by atoms with Crippen LogP contribution in [0.2, 0.25) is 0 Å². The zero-order chi connectivity index (χ0) is 48.2. The highest BCUT2D eigenvalue weighted by atomic mass is 32.3. The van der Waals surface area contributed by atoms with E-state index in [0.717, 1.165) is 77.0 Å². The second-order valence-electron chi connectivity index (χ2n) is 17.7. The van der Waals surface area contributed by atoms with Gasteiger partial charge in [-0.3, -0.25) is 9.35 Å². The molecule has 66 heavy (non-hydrogen) atoms. The van der Waals surface area contributed by atoms with Gasteiger partial charge in [0.1, 0.15) is 30.5 Å². The molecule has 12 nitrogen and oxygen atoms in total. The summed E-state index contributed by atoms with van der Waals surface area (Å²) < 4.78 is 59.3. The van der Waals surface area contributed by atoms with E-state index >= 15 is 0 Å². The molecule has 6 atom stereocenters. The van der Waals surface area contributed by atoms with E-state index in [1.165, 1.54) is 103 Å². The lowest BCUT2D eigenvalue weighted by Gasteiger charge is -2.41. The highest BCUT2D eigenvalue weighted by Crippen LogP contribution is 2.26. The second kappa shape index (κ2) is 44.0. The summed E-state index contributed by atoms with van der Waals surface area (Å²) in [5, 5.41) is 30.8. The van der Waals surface area contributed by atoms with E-state index < -0.39 is 59.8 Å². The minimum absolute atomic E-state index is 0.0288. The van der Waals surface area contributed by atoms with Crippen molar-refractivity contribution in [1.82, 2.24) is 0 Å². The predicted octanol–water partition coefficient (Wildman–Crippen LogP) is 12.1. The Morgan fingerprint density at radius 1 is 0.591 bits per heavy atom. The number of aliphatic hydroxyl groups is 3. The molecule has 6 unspecified atom stereocenters. The van der Waals surface area contributed by atoms with Crippen molar-refractivity contribution in [3.63, 3.8) is 0 Å². The third-order valence-corrected chi connectivity index (χ3v) is 12.1. The number of esters is 1. The first-order valence-corrected chi connectivity index (χ1v) is 27.4. The van der Waals surface area contributed by atoms with Crippen molar-refractivity contribution in [2.75, 3.05) is 26.4 Å². The van der Waals surface area contributed by atoms with Crippen molar-refractivity contribution in [1.29, 1.82) is 0 Å². The fourth-order valence-corrected chi connectivity index (χ4v) is 8.23. The van der Waals surface area contributed by atoms with Crippen molar-refractivity contribution in [2.24, 2.45) is 0 Å². The van der Waals surface area contributed by atoms with Gasteiger partial charge in [0.2, 0.25) is 0 Å². The van der Waals surface area contributed by atoms with E-state index in [0.29, 0.717) is 13.0 Å². The van der Waals surface area contributed by atoms with Gasteiger partial charge in [-0.1, -0.05) is 184 Å². The standard InChI is InChI=1S/C53H94O12S/c1-3-5-7-9-11-13-15-17-19-21-22-23-24-25-26-27-28-30-32-34-36-38-40-42-49(55)63-47(46-62-53-51(57)52(65-66(58,59)60)50(56)48(44-54)64-53)45-61-43-41-39-37-35-33-31-29-20-18-16-14-12-10-8-6-4-2/h5,7,11,13,17-20,22-23,47-48,50-54,56-57H,3-4,6,8-10,12,14-16,21,24-46H2,1-2H3,(H,58,59,60)/b7-5-,13-11-,19-17-,20-18-,23-22-. The van der Waals surface area contributed by atoms with Gasteiger partial charge >= 0.3 is 16.4 Å². The highest BCUT2D eigenvalue weighted by Gasteiger charge is 2.48. The topological polar surface area (TPSA) is 178 Å². The van der Waals surface area contributed by atoms with Crippen LogP contribution >= 0.6 is 0 Å². The van der Waals surface area contributed by atoms with E-state index in [1.807, 2.05) is 0 Å². The fourth-order valence-electron chi connectivity index (χ4n) is 7.72. The van der Waals surface area contributed by atoms with Crippen molar-refractivity contribution >= 4 is 16.4 Å². The summed E-state index contributed by atoms with van der Waals surface area (Å²) in [7, 11) is -5.07. The van der Waals surface area contributed by atoms with Crippen LogP contribution in [0.5, 0.6) is 0 Å². The van der Waals surface area contributed by atoms with Gasteiger partial charge in [0.05, 0.1) is 19.8 Å². The highest BCUT2D eigenvalue weighted by molar-refractivity contribution is 7.80. The van der Waals surface area contributed by atoms with Crippen molar-refractivity contribution in [2.45, 2.75) is 243 Å². The SMILES string of the molecule is CC/C=C\C/C=C\C/C=C\C/C=C\CCCCCCCCCCCCC(=O)OC(COCCCCCCCC/C=C\CCCCCCCC)COC1OC(CO)C(O)C(OS(=O)(=O)O)C1O. The van der Waals surface area contributed by atoms with Gasteiger partial charge in [-0.25, -0.2) is 4.18 Å². The Labute approximate surface area is 401 Å². The van der Waals surface area contributed by atoms with Crippen LogP contribution in [-0.2, 0) is 38.3 Å². The molecule has 1 saturated heterocycles. The molecule has 13 heteroatoms. The van der Waals surface area contributed by atoms with Crippen LogP contribution in [0.25, 0.3) is 0 Å². The summed E-state index contributed by atoms with van der Waals surface area (Å²) in [6, 6.07) is 0. The molecule has 1 rings (SSSR count). The zero-order valence-electron chi connectivity index (χ0n) is 41.2. The first-order chi connectivity index (χ1) is 32.1. The Hall–Kier alpha value is -2.20. The minimum Gasteiger partial charge on any atom is -0.457 e. The molecule has 1 heterocycles. The molecule has 0 bridgehead atoms. The van der Waals surface area contributed by atoms with E-state index in [-0.39, 0.29) is 19.6 Å². The summed E-state index contributed by atoms with van der Waals surface area (Å²) in [6.45, 7) is 3.87. The number of hydrogen-bond donors (Lipinski definition) is 4. The molecule has 0 aromatic carbocycles. The van der Waals surface area contributed by atoms with Crippen molar-refractivity contribution in [3.8, 4) is 0 Å². The lowest BCUT2D eigenvalue weighted by Crippen LogP contribution is -2.60. The number of ether oxygens (including phenoxy) is 4. The van der Waals surface area contributed by atoms with E-state index in [1.54, 1.807) is 0 Å². The number of carbonyl (C=O) groups excluding carboxylic acids is 1. The van der Waals surface area contributed by atoms with E-state index in [2.05, 4.69) is 78.8 Å². The molecule has 1 aliphatic rings. The number of rotatable bonds is 45. The lowest BCUT2D eigenvalue weighted by molar-refractivity contribution is -0.301. The maximum atomic E-state index is 12.9. The third kappa shape index (κ3) is 36.8. The van der Waals surface area contributed by atoms with Gasteiger partial charge in [0.15, 0.2) is 6.29 Å². The monoisotopic (exact) mass is 955 g/mol. The molecule has 0 saturated carbocycles. The Balaban J connectivity index is 2.35. The molecule has 0 aliphatic carbocycles. The van der Waals surface area contributed by atoms with Crippen molar-refractivity contribution in [3.05, 3.63) is 60.8 Å².